The normalized spacial score (nSPS) is 36.5. The molecule has 2 aliphatic carbocycles. The molecule has 2 saturated carbocycles. The number of halogens is 3. The molecule has 3 aliphatic rings. The zero-order chi connectivity index (χ0) is 20.5. The van der Waals surface area contributed by atoms with Gasteiger partial charge in [-0.2, -0.15) is 18.4 Å². The highest BCUT2D eigenvalue weighted by molar-refractivity contribution is 8.26. The van der Waals surface area contributed by atoms with Crippen LogP contribution in [0.3, 0.4) is 0 Å². The minimum atomic E-state index is -4.72. The predicted molar refractivity (Wildman–Crippen MR) is 95.5 cm³/mol. The molecular formula is C17H19F3N5O2S+. The van der Waals surface area contributed by atoms with Gasteiger partial charge in [-0.05, 0) is 43.9 Å². The minimum absolute atomic E-state index is 0.0417. The van der Waals surface area contributed by atoms with Gasteiger partial charge in [0.1, 0.15) is 16.7 Å². The molecule has 0 amide bonds. The maximum Gasteiger partial charge on any atom is 0.417 e. The second-order valence-electron chi connectivity index (χ2n) is 7.83. The van der Waals surface area contributed by atoms with Gasteiger partial charge in [-0.15, -0.1) is 10.8 Å². The lowest BCUT2D eigenvalue weighted by atomic mass is 9.77. The number of nitrogens with one attached hydrogen (secondary N) is 1. The molecule has 11 heteroatoms. The molecule has 28 heavy (non-hydrogen) atoms. The maximum absolute atomic E-state index is 13.3. The van der Waals surface area contributed by atoms with Crippen molar-refractivity contribution in [2.24, 2.45) is 22.9 Å². The van der Waals surface area contributed by atoms with Crippen LogP contribution in [0.15, 0.2) is 23.3 Å². The molecule has 0 aromatic heterocycles. The molecular weight excluding hydrogens is 395 g/mol. The lowest BCUT2D eigenvalue weighted by molar-refractivity contribution is -0.137. The van der Waals surface area contributed by atoms with Crippen LogP contribution in [0, 0.1) is 34.6 Å². The predicted octanol–water partition coefficient (Wildman–Crippen LogP) is 4.40. The van der Waals surface area contributed by atoms with E-state index in [0.29, 0.717) is 6.42 Å². The zero-order valence-electron chi connectivity index (χ0n) is 14.9. The van der Waals surface area contributed by atoms with Gasteiger partial charge in [0.15, 0.2) is 0 Å². The number of rotatable bonds is 2. The summed E-state index contributed by atoms with van der Waals surface area (Å²) in [6.07, 6.45) is -3.28. The fourth-order valence-electron chi connectivity index (χ4n) is 5.47. The van der Waals surface area contributed by atoms with Crippen molar-refractivity contribution < 1.29 is 22.3 Å². The van der Waals surface area contributed by atoms with Crippen LogP contribution in [0.25, 0.3) is 0 Å². The van der Waals surface area contributed by atoms with E-state index in [4.69, 9.17) is 10.8 Å². The molecule has 150 valence electrons. The SMILES string of the molecule is C[C@@]12[C@@H](CN(c3ccc(C#N)c(C(F)(F)F)c3)S1(O)O)[C@H]1C[C@H](N=[N+]=N)[C@@H]2C1. The molecule has 5 atom stereocenters. The molecule has 0 radical (unpaired) electrons. The second-order valence-corrected chi connectivity index (χ2v) is 10.2. The largest absolute Gasteiger partial charge is 0.417 e. The van der Waals surface area contributed by atoms with Gasteiger partial charge in [-0.1, -0.05) is 0 Å². The first-order chi connectivity index (χ1) is 13.1. The smallest absolute Gasteiger partial charge is 0.281 e. The highest BCUT2D eigenvalue weighted by Gasteiger charge is 2.71. The first-order valence-electron chi connectivity index (χ1n) is 8.79. The van der Waals surface area contributed by atoms with Gasteiger partial charge in [-0.25, -0.2) is 0 Å². The monoisotopic (exact) mass is 414 g/mol. The van der Waals surface area contributed by atoms with Crippen LogP contribution in [0.5, 0.6) is 0 Å². The minimum Gasteiger partial charge on any atom is -0.281 e. The standard InChI is InChI=1S/C17H18F3N5O2S/c1-16-13-4-10(5-15(13)23-24-22)14(16)8-25(28(16,26)27)11-3-2-9(7-21)12(6-11)17(18,19)20/h2-3,6,10,13-15,22H,4-5,8H2,1H3,(H-,26,27)/p+1/t10-,13+,14+,15+,16-/m1/s1. The molecule has 7 nitrogen and oxygen atoms in total. The molecule has 2 bridgehead atoms. The molecule has 0 spiro atoms. The second kappa shape index (κ2) is 5.94. The third-order valence-corrected chi connectivity index (χ3v) is 9.55. The van der Waals surface area contributed by atoms with Crippen molar-refractivity contribution in [2.45, 2.75) is 36.7 Å². The number of anilines is 1. The Bertz CT molecular complexity index is 926. The van der Waals surface area contributed by atoms with E-state index in [2.05, 4.69) is 10.0 Å². The Labute approximate surface area is 160 Å². The average molecular weight is 414 g/mol. The number of hydrogen-bond acceptors (Lipinski definition) is 6. The lowest BCUT2D eigenvalue weighted by Crippen LogP contribution is -2.46. The summed E-state index contributed by atoms with van der Waals surface area (Å²) in [6.45, 7) is 1.99. The molecule has 3 N–H and O–H groups in total. The highest BCUT2D eigenvalue weighted by Crippen LogP contribution is 2.76. The van der Waals surface area contributed by atoms with Crippen LogP contribution in [0.1, 0.15) is 30.9 Å². The topological polar surface area (TPSA) is 118 Å². The van der Waals surface area contributed by atoms with Gasteiger partial charge in [0.25, 0.3) is 0 Å². The van der Waals surface area contributed by atoms with Crippen LogP contribution in [-0.4, -0.2) is 26.4 Å². The molecule has 1 aromatic rings. The molecule has 1 saturated heterocycles. The Kier molecular flexibility index (Phi) is 4.07. The summed E-state index contributed by atoms with van der Waals surface area (Å²) < 4.78 is 62.7. The average Bonchev–Trinajstić information content (AvgIpc) is 3.22. The first-order valence-corrected chi connectivity index (χ1v) is 10.3. The van der Waals surface area contributed by atoms with Crippen LogP contribution >= 0.6 is 10.8 Å². The molecule has 4 rings (SSSR count). The van der Waals surface area contributed by atoms with Crippen LogP contribution in [0.4, 0.5) is 18.9 Å². The van der Waals surface area contributed by atoms with Crippen molar-refractivity contribution in [2.75, 3.05) is 10.8 Å². The van der Waals surface area contributed by atoms with E-state index >= 15 is 0 Å². The Morgan fingerprint density at radius 3 is 2.68 bits per heavy atom. The molecule has 0 unspecified atom stereocenters. The fourth-order valence-corrected chi connectivity index (χ4v) is 8.06. The molecule has 1 aliphatic heterocycles. The van der Waals surface area contributed by atoms with E-state index in [-0.39, 0.29) is 36.0 Å². The summed E-state index contributed by atoms with van der Waals surface area (Å²) in [6, 6.07) is 4.47. The summed E-state index contributed by atoms with van der Waals surface area (Å²) in [5, 5.41) is 12.9. The Morgan fingerprint density at radius 1 is 1.36 bits per heavy atom. The van der Waals surface area contributed by atoms with Crippen molar-refractivity contribution in [1.29, 1.82) is 10.8 Å². The van der Waals surface area contributed by atoms with E-state index in [1.54, 1.807) is 6.92 Å². The van der Waals surface area contributed by atoms with E-state index in [9.17, 15) is 22.3 Å². The van der Waals surface area contributed by atoms with Crippen LogP contribution in [-0.2, 0) is 6.18 Å². The third kappa shape index (κ3) is 2.35. The van der Waals surface area contributed by atoms with Crippen molar-refractivity contribution in [1.82, 2.24) is 4.91 Å². The summed E-state index contributed by atoms with van der Waals surface area (Å²) in [4.78, 5) is 3.12. The van der Waals surface area contributed by atoms with Crippen molar-refractivity contribution >= 4 is 16.5 Å². The number of alkyl halides is 3. The molecule has 1 heterocycles. The third-order valence-electron chi connectivity index (χ3n) is 6.79. The van der Waals surface area contributed by atoms with Crippen molar-refractivity contribution in [3.05, 3.63) is 29.3 Å². The van der Waals surface area contributed by atoms with Gasteiger partial charge in [-0.3, -0.25) is 13.4 Å². The van der Waals surface area contributed by atoms with E-state index in [1.165, 1.54) is 16.4 Å². The van der Waals surface area contributed by atoms with Gasteiger partial charge in [0.2, 0.25) is 4.91 Å². The summed E-state index contributed by atoms with van der Waals surface area (Å²) >= 11 is 0. The van der Waals surface area contributed by atoms with Gasteiger partial charge in [0, 0.05) is 18.4 Å². The van der Waals surface area contributed by atoms with Gasteiger partial charge >= 0.3 is 6.18 Å². The van der Waals surface area contributed by atoms with Gasteiger partial charge < -0.3 is 0 Å². The summed E-state index contributed by atoms with van der Waals surface area (Å²) in [7, 11) is -3.46. The number of nitrogens with zero attached hydrogens (tertiary/aromatic N) is 4. The van der Waals surface area contributed by atoms with Crippen molar-refractivity contribution in [3.8, 4) is 6.07 Å². The van der Waals surface area contributed by atoms with Crippen LogP contribution in [0.2, 0.25) is 0 Å². The Balaban J connectivity index is 1.77. The maximum atomic E-state index is 13.3. The van der Waals surface area contributed by atoms with E-state index in [1.807, 2.05) is 0 Å². The first kappa shape index (κ1) is 19.2. The van der Waals surface area contributed by atoms with E-state index < -0.39 is 32.8 Å². The summed E-state index contributed by atoms with van der Waals surface area (Å²) in [5.41, 5.74) is 5.44. The number of hydrogen-bond donors (Lipinski definition) is 3. The highest BCUT2D eigenvalue weighted by atomic mass is 32.3. The summed E-state index contributed by atoms with van der Waals surface area (Å²) in [5.74, 6) is -0.126. The van der Waals surface area contributed by atoms with E-state index in [0.717, 1.165) is 18.6 Å². The number of nitriles is 1. The Morgan fingerprint density at radius 2 is 2.07 bits per heavy atom. The van der Waals surface area contributed by atoms with Crippen molar-refractivity contribution in [3.63, 3.8) is 0 Å². The molecule has 1 aromatic carbocycles. The Hall–Kier alpha value is -2.12. The number of fused-ring (bicyclic) bond motifs is 5. The quantitative estimate of drug-likeness (QED) is 0.491. The lowest BCUT2D eigenvalue weighted by Gasteiger charge is -2.51. The zero-order valence-corrected chi connectivity index (χ0v) is 15.7. The fraction of sp³-hybridized carbons (Fsp3) is 0.588. The number of benzene rings is 1. The molecule has 3 fully saturated rings. The van der Waals surface area contributed by atoms with Gasteiger partial charge in [0.05, 0.1) is 27.6 Å². The van der Waals surface area contributed by atoms with Crippen LogP contribution < -0.4 is 9.22 Å².